The summed E-state index contributed by atoms with van der Waals surface area (Å²) >= 11 is 0. The summed E-state index contributed by atoms with van der Waals surface area (Å²) < 4.78 is 0. The van der Waals surface area contributed by atoms with Crippen LogP contribution in [-0.2, 0) is 0 Å². The van der Waals surface area contributed by atoms with Crippen molar-refractivity contribution < 1.29 is 9.90 Å². The van der Waals surface area contributed by atoms with Crippen LogP contribution in [-0.4, -0.2) is 34.3 Å². The van der Waals surface area contributed by atoms with E-state index < -0.39 is 11.8 Å². The summed E-state index contributed by atoms with van der Waals surface area (Å²) in [5.74, 6) is 0. The zero-order chi connectivity index (χ0) is 9.35. The zero-order valence-electron chi connectivity index (χ0n) is 7.16. The fourth-order valence-corrected chi connectivity index (χ4v) is 1.60. The minimum atomic E-state index is -0.891. The highest BCUT2D eigenvalue weighted by Gasteiger charge is 2.33. The van der Waals surface area contributed by atoms with E-state index >= 15 is 0 Å². The summed E-state index contributed by atoms with van der Waals surface area (Å²) in [5, 5.41) is 8.72. The molecule has 0 aromatic heterocycles. The van der Waals surface area contributed by atoms with Gasteiger partial charge in [0.25, 0.3) is 0 Å². The van der Waals surface area contributed by atoms with Gasteiger partial charge in [0.05, 0.1) is 5.66 Å². The lowest BCUT2D eigenvalue weighted by atomic mass is 9.94. The second-order valence-corrected chi connectivity index (χ2v) is 3.51. The molecule has 1 aliphatic heterocycles. The maximum absolute atomic E-state index is 10.6. The molecule has 1 atom stereocenters. The average Bonchev–Trinajstić information content (AvgIpc) is 1.83. The Labute approximate surface area is 71.3 Å². The van der Waals surface area contributed by atoms with E-state index in [-0.39, 0.29) is 6.04 Å². The molecule has 0 saturated carbocycles. The molecule has 1 fully saturated rings. The number of hydrogen-bond donors (Lipinski definition) is 3. The molecule has 5 heteroatoms. The number of hydrogen-bond acceptors (Lipinski definition) is 3. The van der Waals surface area contributed by atoms with Crippen LogP contribution in [0, 0.1) is 0 Å². The van der Waals surface area contributed by atoms with Gasteiger partial charge < -0.3 is 21.5 Å². The number of carboxylic acid groups (broad SMARTS) is 1. The van der Waals surface area contributed by atoms with Gasteiger partial charge in [-0.05, 0) is 19.8 Å². The summed E-state index contributed by atoms with van der Waals surface area (Å²) in [6.07, 6.45) is 0.168. The van der Waals surface area contributed by atoms with E-state index in [2.05, 4.69) is 0 Å². The lowest BCUT2D eigenvalue weighted by Gasteiger charge is -2.39. The number of likely N-dealkylation sites (tertiary alicyclic amines) is 1. The van der Waals surface area contributed by atoms with Crippen LogP contribution in [0.2, 0.25) is 0 Å². The Hall–Kier alpha value is -0.810. The third-order valence-electron chi connectivity index (χ3n) is 2.27. The minimum Gasteiger partial charge on any atom is -0.465 e. The van der Waals surface area contributed by atoms with Crippen molar-refractivity contribution in [3.05, 3.63) is 0 Å². The smallest absolute Gasteiger partial charge is 0.407 e. The second-order valence-electron chi connectivity index (χ2n) is 3.51. The quantitative estimate of drug-likeness (QED) is 0.441. The molecule has 1 amide bonds. The third kappa shape index (κ3) is 1.86. The summed E-state index contributed by atoms with van der Waals surface area (Å²) in [6.45, 7) is 2.26. The first kappa shape index (κ1) is 9.28. The van der Waals surface area contributed by atoms with E-state index in [1.165, 1.54) is 4.90 Å². The van der Waals surface area contributed by atoms with Crippen LogP contribution in [0.1, 0.15) is 19.8 Å². The maximum atomic E-state index is 10.6. The molecule has 1 rings (SSSR count). The van der Waals surface area contributed by atoms with Crippen LogP contribution >= 0.6 is 0 Å². The monoisotopic (exact) mass is 173 g/mol. The molecule has 5 N–H and O–H groups in total. The SMILES string of the molecule is CC1CC(N)(N)CCN1C(=O)O. The highest BCUT2D eigenvalue weighted by atomic mass is 16.4. The third-order valence-corrected chi connectivity index (χ3v) is 2.27. The van der Waals surface area contributed by atoms with Gasteiger partial charge in [-0.3, -0.25) is 0 Å². The number of amides is 1. The second kappa shape index (κ2) is 2.91. The van der Waals surface area contributed by atoms with Crippen LogP contribution < -0.4 is 11.5 Å². The molecule has 12 heavy (non-hydrogen) atoms. The van der Waals surface area contributed by atoms with Gasteiger partial charge in [-0.15, -0.1) is 0 Å². The minimum absolute atomic E-state index is 0.0775. The largest absolute Gasteiger partial charge is 0.465 e. The van der Waals surface area contributed by atoms with E-state index in [1.54, 1.807) is 0 Å². The lowest BCUT2D eigenvalue weighted by molar-refractivity contribution is 0.0888. The molecule has 0 aromatic rings. The Bertz CT molecular complexity index is 193. The number of piperidine rings is 1. The summed E-state index contributed by atoms with van der Waals surface area (Å²) in [6, 6.07) is -0.0775. The molecule has 0 radical (unpaired) electrons. The van der Waals surface area contributed by atoms with Crippen LogP contribution in [0.25, 0.3) is 0 Å². The Morgan fingerprint density at radius 2 is 2.25 bits per heavy atom. The van der Waals surface area contributed by atoms with Gasteiger partial charge in [0.15, 0.2) is 0 Å². The molecule has 0 bridgehead atoms. The van der Waals surface area contributed by atoms with Crippen molar-refractivity contribution in [1.29, 1.82) is 0 Å². The molecule has 0 aromatic carbocycles. The van der Waals surface area contributed by atoms with Crippen LogP contribution in [0.4, 0.5) is 4.79 Å². The maximum Gasteiger partial charge on any atom is 0.407 e. The predicted molar refractivity (Wildman–Crippen MR) is 44.5 cm³/mol. The van der Waals surface area contributed by atoms with Crippen LogP contribution in [0.3, 0.4) is 0 Å². The van der Waals surface area contributed by atoms with Gasteiger partial charge in [0, 0.05) is 12.6 Å². The average molecular weight is 173 g/mol. The van der Waals surface area contributed by atoms with Crippen molar-refractivity contribution in [1.82, 2.24) is 4.90 Å². The Balaban J connectivity index is 2.60. The van der Waals surface area contributed by atoms with Gasteiger partial charge in [-0.1, -0.05) is 0 Å². The van der Waals surface area contributed by atoms with Crippen molar-refractivity contribution in [3.8, 4) is 0 Å². The Kier molecular flexibility index (Phi) is 2.25. The van der Waals surface area contributed by atoms with E-state index in [0.717, 1.165) is 0 Å². The molecule has 1 saturated heterocycles. The van der Waals surface area contributed by atoms with Gasteiger partial charge >= 0.3 is 6.09 Å². The van der Waals surface area contributed by atoms with E-state index in [9.17, 15) is 4.79 Å². The van der Waals surface area contributed by atoms with E-state index in [4.69, 9.17) is 16.6 Å². The summed E-state index contributed by atoms with van der Waals surface area (Å²) in [4.78, 5) is 12.0. The fourth-order valence-electron chi connectivity index (χ4n) is 1.60. The first-order valence-corrected chi connectivity index (χ1v) is 4.00. The zero-order valence-corrected chi connectivity index (χ0v) is 7.16. The molecule has 0 aliphatic carbocycles. The van der Waals surface area contributed by atoms with E-state index in [0.29, 0.717) is 19.4 Å². The van der Waals surface area contributed by atoms with Gasteiger partial charge in [-0.25, -0.2) is 4.79 Å². The van der Waals surface area contributed by atoms with E-state index in [1.807, 2.05) is 6.92 Å². The van der Waals surface area contributed by atoms with Crippen molar-refractivity contribution in [2.24, 2.45) is 11.5 Å². The molecule has 70 valence electrons. The number of nitrogens with zero attached hydrogens (tertiary/aromatic N) is 1. The molecule has 1 aliphatic rings. The van der Waals surface area contributed by atoms with Crippen molar-refractivity contribution in [3.63, 3.8) is 0 Å². The number of rotatable bonds is 0. The highest BCUT2D eigenvalue weighted by Crippen LogP contribution is 2.20. The fraction of sp³-hybridized carbons (Fsp3) is 0.857. The predicted octanol–water partition coefficient (Wildman–Crippen LogP) is -0.238. The summed E-state index contributed by atoms with van der Waals surface area (Å²) in [5.41, 5.74) is 10.7. The van der Waals surface area contributed by atoms with Crippen molar-refractivity contribution >= 4 is 6.09 Å². The van der Waals surface area contributed by atoms with Gasteiger partial charge in [0.2, 0.25) is 0 Å². The Morgan fingerprint density at radius 1 is 1.67 bits per heavy atom. The molecular weight excluding hydrogens is 158 g/mol. The lowest BCUT2D eigenvalue weighted by Crippen LogP contribution is -2.60. The number of carbonyl (C=O) groups is 1. The molecule has 5 nitrogen and oxygen atoms in total. The van der Waals surface area contributed by atoms with Crippen LogP contribution in [0.15, 0.2) is 0 Å². The van der Waals surface area contributed by atoms with Crippen molar-refractivity contribution in [2.75, 3.05) is 6.54 Å². The topological polar surface area (TPSA) is 92.6 Å². The molecule has 1 heterocycles. The number of nitrogens with two attached hydrogens (primary N) is 2. The first-order chi connectivity index (χ1) is 5.42. The van der Waals surface area contributed by atoms with Crippen LogP contribution in [0.5, 0.6) is 0 Å². The van der Waals surface area contributed by atoms with Gasteiger partial charge in [0.1, 0.15) is 0 Å². The highest BCUT2D eigenvalue weighted by molar-refractivity contribution is 5.65. The molecule has 0 spiro atoms. The Morgan fingerprint density at radius 3 is 2.67 bits per heavy atom. The standard InChI is InChI=1S/C7H15N3O2/c1-5-4-7(8,9)2-3-10(5)6(11)12/h5H,2-4,8-9H2,1H3,(H,11,12). The molecular formula is C7H15N3O2. The van der Waals surface area contributed by atoms with Gasteiger partial charge in [-0.2, -0.15) is 0 Å². The molecule has 1 unspecified atom stereocenters. The summed E-state index contributed by atoms with van der Waals surface area (Å²) in [7, 11) is 0. The first-order valence-electron chi connectivity index (χ1n) is 4.00. The normalized spacial score (nSPS) is 28.6. The van der Waals surface area contributed by atoms with Crippen molar-refractivity contribution in [2.45, 2.75) is 31.5 Å².